The minimum atomic E-state index is -1.10. The zero-order valence-corrected chi connectivity index (χ0v) is 8.65. The summed E-state index contributed by atoms with van der Waals surface area (Å²) in [6.07, 6.45) is 2.15. The largest absolute Gasteiger partial charge is 0.504 e. The Kier molecular flexibility index (Phi) is 3.57. The van der Waals surface area contributed by atoms with Gasteiger partial charge in [-0.3, -0.25) is 0 Å². The van der Waals surface area contributed by atoms with Crippen LogP contribution in [0.2, 0.25) is 5.02 Å². The Morgan fingerprint density at radius 2 is 2.20 bits per heavy atom. The molecule has 0 aliphatic heterocycles. The van der Waals surface area contributed by atoms with Crippen LogP contribution in [0.4, 0.5) is 0 Å². The summed E-state index contributed by atoms with van der Waals surface area (Å²) in [6, 6.07) is 2.88. The predicted octanol–water partition coefficient (Wildman–Crippen LogP) is 2.15. The first-order chi connectivity index (χ1) is 7.04. The van der Waals surface area contributed by atoms with Gasteiger partial charge in [-0.1, -0.05) is 11.6 Å². The van der Waals surface area contributed by atoms with Crippen molar-refractivity contribution in [2.45, 2.75) is 0 Å². The molecule has 0 spiro atoms. The lowest BCUT2D eigenvalue weighted by Gasteiger charge is -2.06. The molecule has 0 atom stereocenters. The van der Waals surface area contributed by atoms with E-state index in [9.17, 15) is 9.90 Å². The normalized spacial score (nSPS) is 10.5. The molecule has 0 aromatic heterocycles. The first-order valence-electron chi connectivity index (χ1n) is 4.02. The van der Waals surface area contributed by atoms with E-state index in [1.807, 2.05) is 0 Å². The molecule has 0 saturated carbocycles. The summed E-state index contributed by atoms with van der Waals surface area (Å²) in [5.41, 5.74) is 0.293. The molecule has 0 saturated heterocycles. The van der Waals surface area contributed by atoms with Gasteiger partial charge in [0.15, 0.2) is 11.5 Å². The summed E-state index contributed by atoms with van der Waals surface area (Å²) < 4.78 is 4.86. The second-order valence-electron chi connectivity index (χ2n) is 2.72. The molecule has 15 heavy (non-hydrogen) atoms. The predicted molar refractivity (Wildman–Crippen MR) is 56.3 cm³/mol. The van der Waals surface area contributed by atoms with Crippen LogP contribution in [0, 0.1) is 0 Å². The minimum absolute atomic E-state index is 0.139. The molecule has 0 amide bonds. The Morgan fingerprint density at radius 3 is 2.73 bits per heavy atom. The molecule has 1 aromatic rings. The first kappa shape index (κ1) is 11.4. The van der Waals surface area contributed by atoms with Crippen molar-refractivity contribution >= 4 is 23.6 Å². The van der Waals surface area contributed by atoms with E-state index in [0.717, 1.165) is 6.08 Å². The number of halogens is 1. The fourth-order valence-corrected chi connectivity index (χ4v) is 1.25. The number of hydrogen-bond donors (Lipinski definition) is 2. The SMILES string of the molecule is COc1cc(Cl)cc(/C=C/C(=O)O)c1O. The number of phenols is 1. The molecule has 5 heteroatoms. The van der Waals surface area contributed by atoms with Gasteiger partial charge in [0, 0.05) is 22.7 Å². The van der Waals surface area contributed by atoms with Gasteiger partial charge in [0.1, 0.15) is 0 Å². The monoisotopic (exact) mass is 228 g/mol. The average Bonchev–Trinajstić information content (AvgIpc) is 2.18. The Morgan fingerprint density at radius 1 is 1.53 bits per heavy atom. The molecule has 1 rings (SSSR count). The summed E-state index contributed by atoms with van der Waals surface area (Å²) in [5.74, 6) is -1.04. The van der Waals surface area contributed by atoms with Crippen molar-refractivity contribution in [1.82, 2.24) is 0 Å². The zero-order chi connectivity index (χ0) is 11.4. The van der Waals surface area contributed by atoms with Crippen LogP contribution in [0.1, 0.15) is 5.56 Å². The molecule has 0 aliphatic rings. The van der Waals surface area contributed by atoms with Crippen LogP contribution in [0.3, 0.4) is 0 Å². The Bertz CT molecular complexity index is 412. The molecule has 0 bridgehead atoms. The maximum atomic E-state index is 10.3. The van der Waals surface area contributed by atoms with E-state index >= 15 is 0 Å². The van der Waals surface area contributed by atoms with Gasteiger partial charge in [-0.05, 0) is 12.1 Å². The van der Waals surface area contributed by atoms with Crippen LogP contribution in [-0.2, 0) is 4.79 Å². The molecule has 0 aliphatic carbocycles. The number of ether oxygens (including phenoxy) is 1. The van der Waals surface area contributed by atoms with Crippen LogP contribution in [0.15, 0.2) is 18.2 Å². The number of aliphatic carboxylic acids is 1. The molecule has 0 heterocycles. The second-order valence-corrected chi connectivity index (χ2v) is 3.15. The van der Waals surface area contributed by atoms with Gasteiger partial charge in [-0.15, -0.1) is 0 Å². The summed E-state index contributed by atoms with van der Waals surface area (Å²) in [6.45, 7) is 0. The number of carbonyl (C=O) groups is 1. The lowest BCUT2D eigenvalue weighted by atomic mass is 10.1. The summed E-state index contributed by atoms with van der Waals surface area (Å²) >= 11 is 5.74. The quantitative estimate of drug-likeness (QED) is 0.778. The van der Waals surface area contributed by atoms with E-state index < -0.39 is 5.97 Å². The highest BCUT2D eigenvalue weighted by molar-refractivity contribution is 6.31. The van der Waals surface area contributed by atoms with Crippen LogP contribution < -0.4 is 4.74 Å². The van der Waals surface area contributed by atoms with Crippen molar-refractivity contribution < 1.29 is 19.7 Å². The number of hydrogen-bond acceptors (Lipinski definition) is 3. The van der Waals surface area contributed by atoms with E-state index in [0.29, 0.717) is 10.6 Å². The highest BCUT2D eigenvalue weighted by Crippen LogP contribution is 2.34. The highest BCUT2D eigenvalue weighted by atomic mass is 35.5. The van der Waals surface area contributed by atoms with E-state index in [1.54, 1.807) is 0 Å². The molecule has 1 aromatic carbocycles. The Balaban J connectivity index is 3.17. The van der Waals surface area contributed by atoms with Crippen molar-refractivity contribution in [2.24, 2.45) is 0 Å². The van der Waals surface area contributed by atoms with Crippen LogP contribution in [0.25, 0.3) is 6.08 Å². The van der Waals surface area contributed by atoms with Crippen molar-refractivity contribution in [3.8, 4) is 11.5 Å². The average molecular weight is 229 g/mol. The van der Waals surface area contributed by atoms with Crippen LogP contribution in [-0.4, -0.2) is 23.3 Å². The molecule has 4 nitrogen and oxygen atoms in total. The number of carboxylic acid groups (broad SMARTS) is 1. The van der Waals surface area contributed by atoms with Gasteiger partial charge < -0.3 is 14.9 Å². The Labute approximate surface area is 91.4 Å². The van der Waals surface area contributed by atoms with E-state index in [4.69, 9.17) is 21.4 Å². The fraction of sp³-hybridized carbons (Fsp3) is 0.100. The second kappa shape index (κ2) is 4.70. The highest BCUT2D eigenvalue weighted by Gasteiger charge is 2.07. The number of rotatable bonds is 3. The maximum absolute atomic E-state index is 10.3. The van der Waals surface area contributed by atoms with Gasteiger partial charge in [0.2, 0.25) is 0 Å². The molecule has 0 unspecified atom stereocenters. The standard InChI is InChI=1S/C10H9ClO4/c1-15-8-5-7(11)4-6(10(8)14)2-3-9(12)13/h2-5,14H,1H3,(H,12,13)/b3-2+. The van der Waals surface area contributed by atoms with E-state index in [1.165, 1.54) is 25.3 Å². The topological polar surface area (TPSA) is 66.8 Å². The summed E-state index contributed by atoms with van der Waals surface area (Å²) in [4.78, 5) is 10.3. The van der Waals surface area contributed by atoms with Gasteiger partial charge in [0.05, 0.1) is 7.11 Å². The van der Waals surface area contributed by atoms with Gasteiger partial charge in [-0.25, -0.2) is 4.79 Å². The van der Waals surface area contributed by atoms with Gasteiger partial charge in [-0.2, -0.15) is 0 Å². The molecular weight excluding hydrogens is 220 g/mol. The van der Waals surface area contributed by atoms with E-state index in [-0.39, 0.29) is 11.5 Å². The van der Waals surface area contributed by atoms with Gasteiger partial charge in [0.25, 0.3) is 0 Å². The van der Waals surface area contributed by atoms with Crippen molar-refractivity contribution in [3.63, 3.8) is 0 Å². The Hall–Kier alpha value is -1.68. The van der Waals surface area contributed by atoms with Crippen molar-refractivity contribution in [2.75, 3.05) is 7.11 Å². The van der Waals surface area contributed by atoms with Crippen LogP contribution >= 0.6 is 11.6 Å². The first-order valence-corrected chi connectivity index (χ1v) is 4.40. The third kappa shape index (κ3) is 2.89. The molecule has 2 N–H and O–H groups in total. The smallest absolute Gasteiger partial charge is 0.328 e. The number of benzene rings is 1. The van der Waals surface area contributed by atoms with Gasteiger partial charge >= 0.3 is 5.97 Å². The lowest BCUT2D eigenvalue weighted by molar-refractivity contribution is -0.131. The lowest BCUT2D eigenvalue weighted by Crippen LogP contribution is -1.88. The zero-order valence-electron chi connectivity index (χ0n) is 7.90. The summed E-state index contributed by atoms with van der Waals surface area (Å²) in [7, 11) is 1.38. The molecule has 0 radical (unpaired) electrons. The third-order valence-electron chi connectivity index (χ3n) is 1.69. The molecule has 80 valence electrons. The molecular formula is C10H9ClO4. The van der Waals surface area contributed by atoms with Crippen molar-refractivity contribution in [1.29, 1.82) is 0 Å². The number of carboxylic acids is 1. The minimum Gasteiger partial charge on any atom is -0.504 e. The number of aromatic hydroxyl groups is 1. The third-order valence-corrected chi connectivity index (χ3v) is 1.91. The number of methoxy groups -OCH3 is 1. The maximum Gasteiger partial charge on any atom is 0.328 e. The van der Waals surface area contributed by atoms with E-state index in [2.05, 4.69) is 0 Å². The number of phenolic OH excluding ortho intramolecular Hbond substituents is 1. The van der Waals surface area contributed by atoms with Crippen LogP contribution in [0.5, 0.6) is 11.5 Å². The van der Waals surface area contributed by atoms with Crippen molar-refractivity contribution in [3.05, 3.63) is 28.8 Å². The molecule has 0 fully saturated rings. The summed E-state index contributed by atoms with van der Waals surface area (Å²) in [5, 5.41) is 18.4. The fourth-order valence-electron chi connectivity index (χ4n) is 1.04.